The van der Waals surface area contributed by atoms with Gasteiger partial charge in [-0.25, -0.2) is 4.39 Å². The molecule has 162 valence electrons. The van der Waals surface area contributed by atoms with Crippen LogP contribution in [0.3, 0.4) is 0 Å². The molecule has 0 aliphatic carbocycles. The van der Waals surface area contributed by atoms with Gasteiger partial charge in [0.1, 0.15) is 5.82 Å². The number of benzene rings is 2. The summed E-state index contributed by atoms with van der Waals surface area (Å²) >= 11 is 0. The minimum absolute atomic E-state index is 0.103. The summed E-state index contributed by atoms with van der Waals surface area (Å²) in [6.45, 7) is 12.3. The van der Waals surface area contributed by atoms with E-state index in [4.69, 9.17) is 0 Å². The molecule has 0 unspecified atom stereocenters. The third-order valence-electron chi connectivity index (χ3n) is 6.58. The third-order valence-corrected chi connectivity index (χ3v) is 6.58. The summed E-state index contributed by atoms with van der Waals surface area (Å²) in [6, 6.07) is 14.2. The van der Waals surface area contributed by atoms with Crippen LogP contribution < -0.4 is 10.2 Å². The molecule has 2 fully saturated rings. The Morgan fingerprint density at radius 2 is 1.50 bits per heavy atom. The van der Waals surface area contributed by atoms with Crippen LogP contribution in [0, 0.1) is 5.82 Å². The lowest BCUT2D eigenvalue weighted by atomic mass is 10.1. The summed E-state index contributed by atoms with van der Waals surface area (Å²) in [4.78, 5) is 7.38. The van der Waals surface area contributed by atoms with Crippen molar-refractivity contribution in [2.24, 2.45) is 0 Å². The molecular weight excluding hydrogens is 375 g/mol. The van der Waals surface area contributed by atoms with Gasteiger partial charge in [-0.3, -0.25) is 4.90 Å². The van der Waals surface area contributed by atoms with Crippen LogP contribution in [-0.4, -0.2) is 55.6 Å². The molecule has 2 heterocycles. The second-order valence-corrected chi connectivity index (χ2v) is 8.51. The van der Waals surface area contributed by atoms with Crippen molar-refractivity contribution in [3.63, 3.8) is 0 Å². The highest BCUT2D eigenvalue weighted by molar-refractivity contribution is 5.54. The van der Waals surface area contributed by atoms with Crippen molar-refractivity contribution < 1.29 is 4.39 Å². The first kappa shape index (κ1) is 21.3. The van der Waals surface area contributed by atoms with E-state index < -0.39 is 0 Å². The molecule has 2 aliphatic heterocycles. The number of likely N-dealkylation sites (N-methyl/N-ethyl adjacent to an activating group) is 1. The summed E-state index contributed by atoms with van der Waals surface area (Å²) < 4.78 is 14.6. The zero-order valence-electron chi connectivity index (χ0n) is 18.2. The first-order chi connectivity index (χ1) is 14.7. The zero-order valence-corrected chi connectivity index (χ0v) is 18.2. The molecule has 0 aromatic heterocycles. The Morgan fingerprint density at radius 1 is 0.800 bits per heavy atom. The topological polar surface area (TPSA) is 21.8 Å². The molecule has 0 radical (unpaired) electrons. The van der Waals surface area contributed by atoms with Crippen molar-refractivity contribution in [2.45, 2.75) is 39.4 Å². The van der Waals surface area contributed by atoms with Gasteiger partial charge in [-0.1, -0.05) is 37.3 Å². The maximum Gasteiger partial charge on any atom is 0.129 e. The van der Waals surface area contributed by atoms with Crippen LogP contribution in [0.25, 0.3) is 0 Å². The number of piperazine rings is 1. The van der Waals surface area contributed by atoms with Crippen molar-refractivity contribution in [1.82, 2.24) is 15.1 Å². The van der Waals surface area contributed by atoms with E-state index in [1.165, 1.54) is 24.0 Å². The normalized spacial score (nSPS) is 18.3. The van der Waals surface area contributed by atoms with Crippen molar-refractivity contribution in [3.8, 4) is 0 Å². The number of hydrogen-bond donors (Lipinski definition) is 1. The third kappa shape index (κ3) is 5.20. The SMILES string of the molecule is CCN1CCN(Cc2ccccc2CNCc2c(F)cccc2N2CCCC2)CC1. The highest BCUT2D eigenvalue weighted by atomic mass is 19.1. The standard InChI is InChI=1S/C25H35FN4/c1-2-28-14-16-29(17-15-28)20-22-9-4-3-8-21(22)18-27-19-23-24(26)10-7-11-25(23)30-12-5-6-13-30/h3-4,7-11,27H,2,5-6,12-20H2,1H3. The lowest BCUT2D eigenvalue weighted by molar-refractivity contribution is 0.131. The molecule has 4 rings (SSSR count). The fourth-order valence-electron chi connectivity index (χ4n) is 4.69. The number of nitrogens with zero attached hydrogens (tertiary/aromatic N) is 3. The van der Waals surface area contributed by atoms with Gasteiger partial charge < -0.3 is 15.1 Å². The smallest absolute Gasteiger partial charge is 0.129 e. The average Bonchev–Trinajstić information content (AvgIpc) is 3.31. The Morgan fingerprint density at radius 3 is 2.23 bits per heavy atom. The molecule has 2 aromatic carbocycles. The minimum Gasteiger partial charge on any atom is -0.371 e. The first-order valence-corrected chi connectivity index (χ1v) is 11.5. The Hall–Kier alpha value is -1.95. The Kier molecular flexibility index (Phi) is 7.37. The molecule has 0 spiro atoms. The number of anilines is 1. The fourth-order valence-corrected chi connectivity index (χ4v) is 4.69. The first-order valence-electron chi connectivity index (χ1n) is 11.5. The second-order valence-electron chi connectivity index (χ2n) is 8.51. The molecule has 0 bridgehead atoms. The maximum atomic E-state index is 14.6. The van der Waals surface area contributed by atoms with Crippen LogP contribution in [0.4, 0.5) is 10.1 Å². The molecule has 4 nitrogen and oxygen atoms in total. The predicted octanol–water partition coefficient (Wildman–Crippen LogP) is 3.85. The fraction of sp³-hybridized carbons (Fsp3) is 0.520. The summed E-state index contributed by atoms with van der Waals surface area (Å²) in [6.07, 6.45) is 2.40. The molecular formula is C25H35FN4. The van der Waals surface area contributed by atoms with Crippen LogP contribution in [0.2, 0.25) is 0 Å². The Balaban J connectivity index is 1.37. The zero-order chi connectivity index (χ0) is 20.8. The van der Waals surface area contributed by atoms with Gasteiger partial charge in [0.25, 0.3) is 0 Å². The van der Waals surface area contributed by atoms with E-state index >= 15 is 0 Å². The largest absolute Gasteiger partial charge is 0.371 e. The van der Waals surface area contributed by atoms with Gasteiger partial charge in [0.2, 0.25) is 0 Å². The quantitative estimate of drug-likeness (QED) is 0.713. The number of hydrogen-bond acceptors (Lipinski definition) is 4. The summed E-state index contributed by atoms with van der Waals surface area (Å²) in [5.41, 5.74) is 4.55. The van der Waals surface area contributed by atoms with E-state index in [2.05, 4.69) is 57.3 Å². The lowest BCUT2D eigenvalue weighted by Crippen LogP contribution is -2.45. The van der Waals surface area contributed by atoms with Gasteiger partial charge in [-0.15, -0.1) is 0 Å². The van der Waals surface area contributed by atoms with Gasteiger partial charge in [0.15, 0.2) is 0 Å². The Labute approximate surface area is 180 Å². The van der Waals surface area contributed by atoms with Gasteiger partial charge in [-0.05, 0) is 42.6 Å². The van der Waals surface area contributed by atoms with E-state index in [1.807, 2.05) is 6.07 Å². The van der Waals surface area contributed by atoms with E-state index in [0.29, 0.717) is 6.54 Å². The van der Waals surface area contributed by atoms with Crippen LogP contribution >= 0.6 is 0 Å². The van der Waals surface area contributed by atoms with Crippen LogP contribution in [0.5, 0.6) is 0 Å². The van der Waals surface area contributed by atoms with Gasteiger partial charge in [0.05, 0.1) is 0 Å². The maximum absolute atomic E-state index is 14.6. The van der Waals surface area contributed by atoms with Crippen molar-refractivity contribution >= 4 is 5.69 Å². The molecule has 0 saturated carbocycles. The molecule has 5 heteroatoms. The Bertz CT molecular complexity index is 811. The van der Waals surface area contributed by atoms with E-state index in [0.717, 1.165) is 70.2 Å². The molecule has 2 saturated heterocycles. The highest BCUT2D eigenvalue weighted by Gasteiger charge is 2.19. The molecule has 0 atom stereocenters. The highest BCUT2D eigenvalue weighted by Crippen LogP contribution is 2.26. The molecule has 2 aromatic rings. The van der Waals surface area contributed by atoms with E-state index in [-0.39, 0.29) is 5.82 Å². The summed E-state index contributed by atoms with van der Waals surface area (Å²) in [5, 5.41) is 3.52. The number of nitrogens with one attached hydrogen (secondary N) is 1. The summed E-state index contributed by atoms with van der Waals surface area (Å²) in [7, 11) is 0. The molecule has 2 aliphatic rings. The monoisotopic (exact) mass is 410 g/mol. The lowest BCUT2D eigenvalue weighted by Gasteiger charge is -2.34. The van der Waals surface area contributed by atoms with E-state index in [9.17, 15) is 4.39 Å². The summed E-state index contributed by atoms with van der Waals surface area (Å²) in [5.74, 6) is -0.103. The van der Waals surface area contributed by atoms with Gasteiger partial charge >= 0.3 is 0 Å². The van der Waals surface area contributed by atoms with Crippen LogP contribution in [0.1, 0.15) is 36.5 Å². The second kappa shape index (κ2) is 10.4. The van der Waals surface area contributed by atoms with E-state index in [1.54, 1.807) is 6.07 Å². The van der Waals surface area contributed by atoms with Crippen molar-refractivity contribution in [3.05, 3.63) is 65.0 Å². The van der Waals surface area contributed by atoms with Crippen molar-refractivity contribution in [2.75, 3.05) is 50.7 Å². The predicted molar refractivity (Wildman–Crippen MR) is 122 cm³/mol. The minimum atomic E-state index is -0.103. The van der Waals surface area contributed by atoms with Gasteiger partial charge in [0, 0.05) is 70.2 Å². The molecule has 30 heavy (non-hydrogen) atoms. The van der Waals surface area contributed by atoms with Crippen LogP contribution in [-0.2, 0) is 19.6 Å². The molecule has 0 amide bonds. The van der Waals surface area contributed by atoms with Crippen molar-refractivity contribution in [1.29, 1.82) is 0 Å². The molecule has 1 N–H and O–H groups in total. The van der Waals surface area contributed by atoms with Gasteiger partial charge in [-0.2, -0.15) is 0 Å². The number of halogens is 1. The average molecular weight is 411 g/mol. The van der Waals surface area contributed by atoms with Crippen LogP contribution in [0.15, 0.2) is 42.5 Å². The number of rotatable bonds is 8.